The fourth-order valence-corrected chi connectivity index (χ4v) is 2.78. The van der Waals surface area contributed by atoms with Crippen LogP contribution in [0.15, 0.2) is 42.5 Å². The number of rotatable bonds is 2. The molecule has 0 radical (unpaired) electrons. The summed E-state index contributed by atoms with van der Waals surface area (Å²) in [5.74, 6) is -0.573. The third-order valence-electron chi connectivity index (χ3n) is 4.08. The zero-order valence-corrected chi connectivity index (χ0v) is 12.5. The van der Waals surface area contributed by atoms with Gasteiger partial charge in [-0.2, -0.15) is 18.4 Å². The van der Waals surface area contributed by atoms with Gasteiger partial charge in [-0.15, -0.1) is 0 Å². The lowest BCUT2D eigenvalue weighted by atomic mass is 9.89. The van der Waals surface area contributed by atoms with Crippen molar-refractivity contribution in [3.63, 3.8) is 0 Å². The third kappa shape index (κ3) is 3.11. The molecule has 122 valence electrons. The van der Waals surface area contributed by atoms with Crippen molar-refractivity contribution in [3.8, 4) is 17.2 Å². The predicted molar refractivity (Wildman–Crippen MR) is 82.9 cm³/mol. The van der Waals surface area contributed by atoms with E-state index in [0.717, 1.165) is 23.3 Å². The molecular formula is C18H13F3N2O. The average molecular weight is 330 g/mol. The molecule has 0 bridgehead atoms. The molecule has 0 saturated heterocycles. The van der Waals surface area contributed by atoms with Gasteiger partial charge in [0.05, 0.1) is 17.6 Å². The van der Waals surface area contributed by atoms with Crippen LogP contribution in [0.1, 0.15) is 17.5 Å². The second-order valence-electron chi connectivity index (χ2n) is 5.70. The van der Waals surface area contributed by atoms with E-state index in [1.807, 2.05) is 12.1 Å². The Hall–Kier alpha value is -2.81. The Balaban J connectivity index is 1.90. The van der Waals surface area contributed by atoms with Crippen LogP contribution in [0.2, 0.25) is 0 Å². The summed E-state index contributed by atoms with van der Waals surface area (Å²) in [6.45, 7) is 0. The Morgan fingerprint density at radius 3 is 2.42 bits per heavy atom. The lowest BCUT2D eigenvalue weighted by Gasteiger charge is -2.23. The third-order valence-corrected chi connectivity index (χ3v) is 4.08. The van der Waals surface area contributed by atoms with Gasteiger partial charge in [-0.05, 0) is 47.4 Å². The molecule has 3 rings (SSSR count). The molecule has 1 aliphatic rings. The second-order valence-corrected chi connectivity index (χ2v) is 5.70. The number of amides is 1. The fourth-order valence-electron chi connectivity index (χ4n) is 2.78. The highest BCUT2D eigenvalue weighted by Crippen LogP contribution is 2.34. The predicted octanol–water partition coefficient (Wildman–Crippen LogP) is 4.40. The lowest BCUT2D eigenvalue weighted by Crippen LogP contribution is -2.29. The van der Waals surface area contributed by atoms with E-state index in [4.69, 9.17) is 5.26 Å². The number of nitrogens with one attached hydrogen (secondary N) is 1. The normalized spacial score (nSPS) is 16.9. The van der Waals surface area contributed by atoms with Gasteiger partial charge in [0.1, 0.15) is 0 Å². The molecular weight excluding hydrogens is 317 g/mol. The number of benzene rings is 2. The molecule has 24 heavy (non-hydrogen) atoms. The molecule has 1 unspecified atom stereocenters. The summed E-state index contributed by atoms with van der Waals surface area (Å²) in [6, 6.07) is 12.3. The summed E-state index contributed by atoms with van der Waals surface area (Å²) in [7, 11) is 0. The minimum absolute atomic E-state index is 0.135. The largest absolute Gasteiger partial charge is 0.416 e. The summed E-state index contributed by atoms with van der Waals surface area (Å²) >= 11 is 0. The molecule has 0 fully saturated rings. The molecule has 0 saturated carbocycles. The number of nitrogens with zero attached hydrogens (tertiary/aromatic N) is 1. The maximum Gasteiger partial charge on any atom is 0.416 e. The van der Waals surface area contributed by atoms with Crippen molar-refractivity contribution in [1.82, 2.24) is 0 Å². The van der Waals surface area contributed by atoms with E-state index in [1.54, 1.807) is 12.1 Å². The van der Waals surface area contributed by atoms with Crippen molar-refractivity contribution in [2.45, 2.75) is 19.0 Å². The van der Waals surface area contributed by atoms with Crippen LogP contribution >= 0.6 is 0 Å². The molecule has 1 heterocycles. The molecule has 1 N–H and O–H groups in total. The Bertz CT molecular complexity index is 820. The molecule has 0 spiro atoms. The van der Waals surface area contributed by atoms with E-state index in [0.29, 0.717) is 17.7 Å². The highest BCUT2D eigenvalue weighted by atomic mass is 19.4. The van der Waals surface area contributed by atoms with Gasteiger partial charge in [0.15, 0.2) is 0 Å². The molecule has 0 aromatic heterocycles. The second kappa shape index (κ2) is 6.00. The average Bonchev–Trinajstić information content (AvgIpc) is 2.55. The van der Waals surface area contributed by atoms with Crippen molar-refractivity contribution in [1.29, 1.82) is 5.26 Å². The SMILES string of the molecule is N#CCC1Cc2cc(-c3ccc(C(F)(F)F)cc3)ccc2NC1=O. The van der Waals surface area contributed by atoms with Crippen LogP contribution in [0, 0.1) is 17.2 Å². The first-order chi connectivity index (χ1) is 11.4. The van der Waals surface area contributed by atoms with Crippen molar-refractivity contribution in [3.05, 3.63) is 53.6 Å². The number of fused-ring (bicyclic) bond motifs is 1. The molecule has 6 heteroatoms. The van der Waals surface area contributed by atoms with E-state index >= 15 is 0 Å². The van der Waals surface area contributed by atoms with Crippen molar-refractivity contribution in [2.75, 3.05) is 5.32 Å². The van der Waals surface area contributed by atoms with Gasteiger partial charge in [-0.3, -0.25) is 4.79 Å². The highest BCUT2D eigenvalue weighted by Gasteiger charge is 2.30. The summed E-state index contributed by atoms with van der Waals surface area (Å²) in [5.41, 5.74) is 2.32. The number of hydrogen-bond acceptors (Lipinski definition) is 2. The molecule has 1 aliphatic heterocycles. The van der Waals surface area contributed by atoms with Crippen LogP contribution in [-0.2, 0) is 17.4 Å². The molecule has 1 atom stereocenters. The summed E-state index contributed by atoms with van der Waals surface area (Å²) in [4.78, 5) is 11.9. The Morgan fingerprint density at radius 1 is 1.12 bits per heavy atom. The van der Waals surface area contributed by atoms with Crippen molar-refractivity contribution < 1.29 is 18.0 Å². The topological polar surface area (TPSA) is 52.9 Å². The van der Waals surface area contributed by atoms with Crippen LogP contribution < -0.4 is 5.32 Å². The van der Waals surface area contributed by atoms with Crippen molar-refractivity contribution in [2.24, 2.45) is 5.92 Å². The lowest BCUT2D eigenvalue weighted by molar-refractivity contribution is -0.137. The number of carbonyl (C=O) groups is 1. The van der Waals surface area contributed by atoms with Gasteiger partial charge in [-0.25, -0.2) is 0 Å². The van der Waals surface area contributed by atoms with E-state index in [9.17, 15) is 18.0 Å². The zero-order chi connectivity index (χ0) is 17.3. The first-order valence-electron chi connectivity index (χ1n) is 7.37. The number of hydrogen-bond donors (Lipinski definition) is 1. The van der Waals surface area contributed by atoms with Gasteiger partial charge in [0.25, 0.3) is 0 Å². The first-order valence-corrected chi connectivity index (χ1v) is 7.37. The summed E-state index contributed by atoms with van der Waals surface area (Å²) < 4.78 is 37.9. The molecule has 2 aromatic rings. The Kier molecular flexibility index (Phi) is 4.02. The first kappa shape index (κ1) is 16.1. The summed E-state index contributed by atoms with van der Waals surface area (Å²) in [6.07, 6.45) is -3.78. The van der Waals surface area contributed by atoms with Crippen LogP contribution in [0.25, 0.3) is 11.1 Å². The minimum Gasteiger partial charge on any atom is -0.326 e. The monoisotopic (exact) mass is 330 g/mol. The highest BCUT2D eigenvalue weighted by molar-refractivity contribution is 5.96. The van der Waals surface area contributed by atoms with Crippen LogP contribution in [0.3, 0.4) is 0 Å². The Morgan fingerprint density at radius 2 is 1.79 bits per heavy atom. The van der Waals surface area contributed by atoms with E-state index < -0.39 is 17.7 Å². The van der Waals surface area contributed by atoms with Gasteiger partial charge < -0.3 is 5.32 Å². The van der Waals surface area contributed by atoms with E-state index in [2.05, 4.69) is 5.32 Å². The van der Waals surface area contributed by atoms with Crippen molar-refractivity contribution >= 4 is 11.6 Å². The summed E-state index contributed by atoms with van der Waals surface area (Å²) in [5, 5.41) is 11.6. The zero-order valence-electron chi connectivity index (χ0n) is 12.5. The maximum absolute atomic E-state index is 12.6. The fraction of sp³-hybridized carbons (Fsp3) is 0.222. The van der Waals surface area contributed by atoms with Gasteiger partial charge in [0.2, 0.25) is 5.91 Å². The van der Waals surface area contributed by atoms with Crippen LogP contribution in [0.4, 0.5) is 18.9 Å². The Labute approximate surface area is 136 Å². The standard InChI is InChI=1S/C18H13F3N2O/c19-18(20,21)15-4-1-11(2-5-15)12-3-6-16-14(9-12)10-13(7-8-22)17(24)23-16/h1-6,9,13H,7,10H2,(H,23,24). The number of alkyl halides is 3. The molecule has 0 aliphatic carbocycles. The number of carbonyl (C=O) groups excluding carboxylic acids is 1. The van der Waals surface area contributed by atoms with Crippen LogP contribution in [0.5, 0.6) is 0 Å². The number of anilines is 1. The maximum atomic E-state index is 12.6. The minimum atomic E-state index is -4.36. The van der Waals surface area contributed by atoms with Gasteiger partial charge in [-0.1, -0.05) is 18.2 Å². The molecule has 1 amide bonds. The van der Waals surface area contributed by atoms with Gasteiger partial charge >= 0.3 is 6.18 Å². The number of halogens is 3. The van der Waals surface area contributed by atoms with Gasteiger partial charge in [0, 0.05) is 12.1 Å². The molecule has 3 nitrogen and oxygen atoms in total. The van der Waals surface area contributed by atoms with E-state index in [-0.39, 0.29) is 12.3 Å². The quantitative estimate of drug-likeness (QED) is 0.887. The van der Waals surface area contributed by atoms with E-state index in [1.165, 1.54) is 12.1 Å². The number of nitriles is 1. The molecule has 2 aromatic carbocycles. The van der Waals surface area contributed by atoms with Crippen LogP contribution in [-0.4, -0.2) is 5.91 Å². The smallest absolute Gasteiger partial charge is 0.326 e.